The Morgan fingerprint density at radius 3 is 1.65 bits per heavy atom. The van der Waals surface area contributed by atoms with Crippen LogP contribution in [0, 0.1) is 0 Å². The average molecular weight is 949 g/mol. The Bertz CT molecular complexity index is 1700. The van der Waals surface area contributed by atoms with Crippen molar-refractivity contribution < 1.29 is 108 Å². The second kappa shape index (κ2) is 26.7. The van der Waals surface area contributed by atoms with Gasteiger partial charge in [-0.15, -0.1) is 6.58 Å². The minimum Gasteiger partial charge on any atom is -0.481 e. The van der Waals surface area contributed by atoms with Crippen LogP contribution in [0.15, 0.2) is 47.6 Å². The molecule has 3 heterocycles. The van der Waals surface area contributed by atoms with Gasteiger partial charge < -0.3 is 89.0 Å². The van der Waals surface area contributed by atoms with Crippen molar-refractivity contribution in [2.24, 2.45) is 0 Å². The third-order valence-electron chi connectivity index (χ3n) is 11.3. The number of carboxylic acids is 2. The van der Waals surface area contributed by atoms with E-state index in [1.807, 2.05) is 32.9 Å². The molecule has 66 heavy (non-hydrogen) atoms. The highest BCUT2D eigenvalue weighted by Gasteiger charge is 2.52. The van der Waals surface area contributed by atoms with Crippen molar-refractivity contribution >= 4 is 23.9 Å². The predicted octanol–water partition coefficient (Wildman–Crippen LogP) is -0.353. The van der Waals surface area contributed by atoms with E-state index in [0.717, 1.165) is 36.0 Å². The highest BCUT2D eigenvalue weighted by Crippen LogP contribution is 2.33. The molecule has 0 bridgehead atoms. The number of hydrogen-bond acceptors (Lipinski definition) is 20. The minimum atomic E-state index is -1.80. The van der Waals surface area contributed by atoms with Crippen molar-refractivity contribution in [3.63, 3.8) is 0 Å². The summed E-state index contributed by atoms with van der Waals surface area (Å²) < 4.78 is 44.3. The Balaban J connectivity index is 1.50. The summed E-state index contributed by atoms with van der Waals surface area (Å²) >= 11 is 0. The van der Waals surface area contributed by atoms with Crippen LogP contribution in [-0.2, 0) is 57.1 Å². The van der Waals surface area contributed by atoms with Gasteiger partial charge in [0.1, 0.15) is 93.2 Å². The van der Waals surface area contributed by atoms with E-state index in [1.165, 1.54) is 13.0 Å². The van der Waals surface area contributed by atoms with E-state index in [2.05, 4.69) is 12.7 Å². The molecule has 0 aromatic rings. The number of hydrogen-bond donors (Lipinski definition) is 10. The smallest absolute Gasteiger partial charge is 0.317 e. The number of allylic oxidation sites excluding steroid dienone is 5. The summed E-state index contributed by atoms with van der Waals surface area (Å²) in [6, 6.07) is 0. The maximum absolute atomic E-state index is 12.1. The number of aliphatic hydroxyl groups is 8. The molecule has 3 saturated heterocycles. The Kier molecular flexibility index (Phi) is 22.9. The monoisotopic (exact) mass is 948 g/mol. The van der Waals surface area contributed by atoms with Gasteiger partial charge in [0.15, 0.2) is 18.9 Å². The average Bonchev–Trinajstić information content (AvgIpc) is 3.24. The van der Waals surface area contributed by atoms with Crippen LogP contribution in [0.25, 0.3) is 0 Å². The fourth-order valence-corrected chi connectivity index (χ4v) is 7.13. The molecule has 0 aliphatic carbocycles. The topological polar surface area (TPSA) is 344 Å². The summed E-state index contributed by atoms with van der Waals surface area (Å²) in [5.74, 6) is -5.03. The molecule has 0 aromatic heterocycles. The van der Waals surface area contributed by atoms with E-state index in [1.54, 1.807) is 6.92 Å². The molecule has 0 radical (unpaired) electrons. The molecule has 3 aliphatic rings. The zero-order valence-electron chi connectivity index (χ0n) is 37.8. The lowest BCUT2D eigenvalue weighted by molar-refractivity contribution is -0.363. The van der Waals surface area contributed by atoms with E-state index in [-0.39, 0.29) is 6.61 Å². The molecule has 0 saturated carbocycles. The Labute approximate surface area is 382 Å². The highest BCUT2D eigenvalue weighted by atomic mass is 16.7. The van der Waals surface area contributed by atoms with Gasteiger partial charge in [-0.1, -0.05) is 41.0 Å². The lowest BCUT2D eigenvalue weighted by atomic mass is 9.95. The van der Waals surface area contributed by atoms with Crippen LogP contribution in [0.5, 0.6) is 0 Å². The van der Waals surface area contributed by atoms with Crippen LogP contribution >= 0.6 is 0 Å². The summed E-state index contributed by atoms with van der Waals surface area (Å²) in [6.45, 7) is 11.6. The van der Waals surface area contributed by atoms with E-state index < -0.39 is 148 Å². The molecular formula is C44H68O22. The van der Waals surface area contributed by atoms with E-state index in [0.29, 0.717) is 19.3 Å². The number of esters is 2. The molecule has 22 heteroatoms. The molecule has 3 rings (SSSR count). The fourth-order valence-electron chi connectivity index (χ4n) is 7.13. The molecule has 22 nitrogen and oxygen atoms in total. The highest BCUT2D eigenvalue weighted by molar-refractivity contribution is 5.90. The van der Waals surface area contributed by atoms with E-state index >= 15 is 0 Å². The summed E-state index contributed by atoms with van der Waals surface area (Å²) in [6.07, 6.45) is -13.5. The minimum absolute atomic E-state index is 0.0269. The van der Waals surface area contributed by atoms with Gasteiger partial charge in [0.2, 0.25) is 0 Å². The van der Waals surface area contributed by atoms with Gasteiger partial charge in [0.05, 0.1) is 18.3 Å². The number of aliphatic carboxylic acids is 2. The predicted molar refractivity (Wildman–Crippen MR) is 226 cm³/mol. The van der Waals surface area contributed by atoms with Crippen molar-refractivity contribution in [3.05, 3.63) is 47.6 Å². The van der Waals surface area contributed by atoms with E-state index in [9.17, 15) is 60.0 Å². The normalized spacial score (nSPS) is 34.3. The molecule has 16 atom stereocenters. The standard InChI is InChI=1S/C44H68O22/c1-7-44(6,66-43-39(58)36(55)40(27(64-43)21-60-31(50)18-29(47)48)65-42-38(57)34(53)32(51)25(5)62-42)16-10-15-23(3)12-8-11-22(2)13-9-14-24(4)19-61-41-37(56)35(54)33(52)26(63-41)20-59-30(49)17-28(45)46/h7,11,14-15,25-27,32-43,51-58H,1,8-10,12-13,16-21H2,2-6H3,(H,45,46)(H,47,48). The maximum Gasteiger partial charge on any atom is 0.317 e. The molecule has 3 aliphatic heterocycles. The van der Waals surface area contributed by atoms with E-state index in [4.69, 9.17) is 48.1 Å². The summed E-state index contributed by atoms with van der Waals surface area (Å²) in [4.78, 5) is 45.4. The first-order chi connectivity index (χ1) is 31.0. The van der Waals surface area contributed by atoms with Gasteiger partial charge >= 0.3 is 23.9 Å². The lowest BCUT2D eigenvalue weighted by Crippen LogP contribution is -2.64. The summed E-state index contributed by atoms with van der Waals surface area (Å²) in [5.41, 5.74) is 1.92. The van der Waals surface area contributed by atoms with Gasteiger partial charge in [-0.25, -0.2) is 0 Å². The molecule has 3 fully saturated rings. The van der Waals surface area contributed by atoms with Crippen LogP contribution in [0.4, 0.5) is 0 Å². The molecular weight excluding hydrogens is 880 g/mol. The SMILES string of the molecule is C=CC(C)(CCC=C(C)CCC=C(C)CCC=C(C)COC1OC(COC(=O)CC(=O)O)C(O)C(O)C1O)OC1OC(COC(=O)CC(=O)O)C(OC2OC(C)C(O)C(O)C2O)C(O)C1O. The number of rotatable bonds is 25. The Morgan fingerprint density at radius 2 is 1.09 bits per heavy atom. The van der Waals surface area contributed by atoms with Crippen molar-refractivity contribution in [1.29, 1.82) is 0 Å². The first-order valence-electron chi connectivity index (χ1n) is 21.7. The summed E-state index contributed by atoms with van der Waals surface area (Å²) in [7, 11) is 0. The molecule has 0 aromatic carbocycles. The zero-order valence-corrected chi connectivity index (χ0v) is 37.8. The van der Waals surface area contributed by atoms with Crippen molar-refractivity contribution in [3.8, 4) is 0 Å². The number of carbonyl (C=O) groups is 4. The van der Waals surface area contributed by atoms with Crippen LogP contribution in [-0.4, -0.2) is 192 Å². The second-order valence-corrected chi connectivity index (χ2v) is 17.0. The quantitative estimate of drug-likeness (QED) is 0.0317. The third kappa shape index (κ3) is 17.4. The van der Waals surface area contributed by atoms with Crippen LogP contribution < -0.4 is 0 Å². The summed E-state index contributed by atoms with van der Waals surface area (Å²) in [5, 5.41) is 102. The van der Waals surface area contributed by atoms with Gasteiger partial charge in [0, 0.05) is 0 Å². The van der Waals surface area contributed by atoms with Crippen molar-refractivity contribution in [2.75, 3.05) is 19.8 Å². The van der Waals surface area contributed by atoms with Gasteiger partial charge in [-0.05, 0) is 73.1 Å². The Hall–Kier alpha value is -3.72. The van der Waals surface area contributed by atoms with Crippen LogP contribution in [0.1, 0.15) is 86.0 Å². The van der Waals surface area contributed by atoms with Crippen LogP contribution in [0.2, 0.25) is 0 Å². The molecule has 0 spiro atoms. The lowest BCUT2D eigenvalue weighted by Gasteiger charge is -2.47. The number of carbonyl (C=O) groups excluding carboxylic acids is 2. The van der Waals surface area contributed by atoms with Crippen molar-refractivity contribution in [1.82, 2.24) is 0 Å². The molecule has 0 amide bonds. The first kappa shape index (κ1) is 56.6. The van der Waals surface area contributed by atoms with Crippen molar-refractivity contribution in [2.45, 2.75) is 184 Å². The third-order valence-corrected chi connectivity index (χ3v) is 11.3. The maximum atomic E-state index is 12.1. The largest absolute Gasteiger partial charge is 0.481 e. The zero-order chi connectivity index (χ0) is 49.5. The second-order valence-electron chi connectivity index (χ2n) is 17.0. The molecule has 16 unspecified atom stereocenters. The number of aliphatic hydroxyl groups excluding tert-OH is 8. The fraction of sp³-hybridized carbons (Fsp3) is 0.727. The number of ether oxygens (including phenoxy) is 8. The number of carboxylic acid groups (broad SMARTS) is 2. The Morgan fingerprint density at radius 1 is 0.606 bits per heavy atom. The molecule has 10 N–H and O–H groups in total. The molecule has 376 valence electrons. The van der Waals surface area contributed by atoms with Gasteiger partial charge in [-0.2, -0.15) is 0 Å². The van der Waals surface area contributed by atoms with Gasteiger partial charge in [-0.3, -0.25) is 19.2 Å². The first-order valence-corrected chi connectivity index (χ1v) is 21.7. The van der Waals surface area contributed by atoms with Crippen LogP contribution in [0.3, 0.4) is 0 Å². The van der Waals surface area contributed by atoms with Gasteiger partial charge in [0.25, 0.3) is 0 Å².